The average Bonchev–Trinajstić information content (AvgIpc) is 3.16. The predicted octanol–water partition coefficient (Wildman–Crippen LogP) is 2.29. The molecule has 21 heavy (non-hydrogen) atoms. The first-order valence-corrected chi connectivity index (χ1v) is 6.92. The van der Waals surface area contributed by atoms with E-state index in [4.69, 9.17) is 0 Å². The van der Waals surface area contributed by atoms with E-state index in [-0.39, 0.29) is 11.9 Å². The van der Waals surface area contributed by atoms with Gasteiger partial charge in [-0.05, 0) is 49.4 Å². The number of benzene rings is 1. The summed E-state index contributed by atoms with van der Waals surface area (Å²) in [6.07, 6.45) is -1.28. The lowest BCUT2D eigenvalue weighted by atomic mass is 10.1. The van der Waals surface area contributed by atoms with Crippen molar-refractivity contribution in [3.05, 3.63) is 29.8 Å². The zero-order valence-electron chi connectivity index (χ0n) is 11.2. The van der Waals surface area contributed by atoms with Crippen molar-refractivity contribution in [2.45, 2.75) is 37.5 Å². The Morgan fingerprint density at radius 2 is 1.81 bits per heavy atom. The first-order valence-electron chi connectivity index (χ1n) is 6.92. The molecule has 0 spiro atoms. The van der Waals surface area contributed by atoms with Crippen LogP contribution in [0, 0.1) is 5.92 Å². The van der Waals surface area contributed by atoms with Gasteiger partial charge in [-0.3, -0.25) is 10.2 Å². The van der Waals surface area contributed by atoms with Crippen LogP contribution in [0.25, 0.3) is 0 Å². The van der Waals surface area contributed by atoms with Gasteiger partial charge >= 0.3 is 6.18 Å². The fourth-order valence-electron chi connectivity index (χ4n) is 2.53. The maximum Gasteiger partial charge on any atom is 0.416 e. The monoisotopic (exact) mass is 299 g/mol. The first kappa shape index (κ1) is 14.3. The van der Waals surface area contributed by atoms with Gasteiger partial charge in [-0.2, -0.15) is 13.2 Å². The molecule has 1 aliphatic heterocycles. The molecule has 2 aliphatic rings. The minimum absolute atomic E-state index is 0.231. The molecular formula is C14H16F3N3O. The zero-order valence-corrected chi connectivity index (χ0v) is 11.2. The molecule has 1 saturated carbocycles. The summed E-state index contributed by atoms with van der Waals surface area (Å²) in [5, 5.41) is 2.63. The van der Waals surface area contributed by atoms with Gasteiger partial charge in [0.1, 0.15) is 6.04 Å². The van der Waals surface area contributed by atoms with Gasteiger partial charge in [0.2, 0.25) is 5.91 Å². The van der Waals surface area contributed by atoms with Gasteiger partial charge in [-0.1, -0.05) is 0 Å². The molecule has 1 aliphatic carbocycles. The molecule has 3 N–H and O–H groups in total. The van der Waals surface area contributed by atoms with E-state index in [9.17, 15) is 18.0 Å². The lowest BCUT2D eigenvalue weighted by molar-refractivity contribution is -0.137. The van der Waals surface area contributed by atoms with E-state index in [1.807, 2.05) is 0 Å². The quantitative estimate of drug-likeness (QED) is 0.802. The Balaban J connectivity index is 1.57. The van der Waals surface area contributed by atoms with E-state index in [1.165, 1.54) is 25.0 Å². The molecular weight excluding hydrogens is 283 g/mol. The van der Waals surface area contributed by atoms with Crippen LogP contribution in [0.4, 0.5) is 18.9 Å². The van der Waals surface area contributed by atoms with E-state index in [2.05, 4.69) is 16.2 Å². The highest BCUT2D eigenvalue weighted by Crippen LogP contribution is 2.35. The summed E-state index contributed by atoms with van der Waals surface area (Å²) in [4.78, 5) is 12.0. The Hall–Kier alpha value is -1.60. The molecule has 1 aromatic carbocycles. The molecule has 1 amide bonds. The zero-order chi connectivity index (χ0) is 15.0. The molecule has 2 atom stereocenters. The maximum atomic E-state index is 12.4. The fraction of sp³-hybridized carbons (Fsp3) is 0.500. The van der Waals surface area contributed by atoms with E-state index in [1.54, 1.807) is 0 Å². The molecule has 1 heterocycles. The van der Waals surface area contributed by atoms with Crippen LogP contribution in [-0.4, -0.2) is 18.0 Å². The van der Waals surface area contributed by atoms with Crippen molar-refractivity contribution in [2.75, 3.05) is 5.32 Å². The molecule has 0 bridgehead atoms. The Labute approximate surface area is 120 Å². The van der Waals surface area contributed by atoms with Gasteiger partial charge in [0, 0.05) is 11.7 Å². The fourth-order valence-corrected chi connectivity index (χ4v) is 2.53. The van der Waals surface area contributed by atoms with Gasteiger partial charge in [0.25, 0.3) is 0 Å². The number of halogens is 3. The van der Waals surface area contributed by atoms with E-state index in [0.29, 0.717) is 24.1 Å². The minimum Gasteiger partial charge on any atom is -0.325 e. The van der Waals surface area contributed by atoms with Crippen LogP contribution in [0.1, 0.15) is 24.8 Å². The van der Waals surface area contributed by atoms with Gasteiger partial charge in [-0.15, -0.1) is 0 Å². The van der Waals surface area contributed by atoms with Crippen LogP contribution in [-0.2, 0) is 11.0 Å². The normalized spacial score (nSPS) is 25.9. The van der Waals surface area contributed by atoms with Crippen molar-refractivity contribution in [3.63, 3.8) is 0 Å². The molecule has 114 valence electrons. The summed E-state index contributed by atoms with van der Waals surface area (Å²) in [5.41, 5.74) is 5.68. The standard InChI is InChI=1S/C14H16F3N3O/c15-14(16,17)9-3-5-10(6-4-9)18-13(21)12-7-11(19-20-12)8-1-2-8/h3-6,8,11-12,19-20H,1-2,7H2,(H,18,21). The summed E-state index contributed by atoms with van der Waals surface area (Å²) in [6.45, 7) is 0. The van der Waals surface area contributed by atoms with Crippen LogP contribution < -0.4 is 16.2 Å². The highest BCUT2D eigenvalue weighted by molar-refractivity contribution is 5.95. The molecule has 0 radical (unpaired) electrons. The first-order chi connectivity index (χ1) is 9.93. The van der Waals surface area contributed by atoms with Gasteiger partial charge < -0.3 is 5.32 Å². The Morgan fingerprint density at radius 3 is 2.38 bits per heavy atom. The van der Waals surface area contributed by atoms with E-state index >= 15 is 0 Å². The summed E-state index contributed by atoms with van der Waals surface area (Å²) < 4.78 is 37.3. The molecule has 2 fully saturated rings. The second-order valence-electron chi connectivity index (χ2n) is 5.59. The average molecular weight is 299 g/mol. The van der Waals surface area contributed by atoms with Crippen molar-refractivity contribution in [2.24, 2.45) is 5.92 Å². The molecule has 7 heteroatoms. The van der Waals surface area contributed by atoms with E-state index < -0.39 is 11.7 Å². The third kappa shape index (κ3) is 3.36. The largest absolute Gasteiger partial charge is 0.416 e. The third-order valence-electron chi connectivity index (χ3n) is 3.92. The number of amides is 1. The number of anilines is 1. The predicted molar refractivity (Wildman–Crippen MR) is 71.3 cm³/mol. The van der Waals surface area contributed by atoms with Crippen molar-refractivity contribution in [3.8, 4) is 0 Å². The Morgan fingerprint density at radius 1 is 1.14 bits per heavy atom. The van der Waals surface area contributed by atoms with Crippen LogP contribution in [0.5, 0.6) is 0 Å². The highest BCUT2D eigenvalue weighted by Gasteiger charge is 2.38. The minimum atomic E-state index is -4.36. The topological polar surface area (TPSA) is 53.2 Å². The van der Waals surface area contributed by atoms with Gasteiger partial charge in [0.15, 0.2) is 0 Å². The second-order valence-corrected chi connectivity index (χ2v) is 5.59. The molecule has 1 aromatic rings. The molecule has 0 aromatic heterocycles. The number of hydrogen-bond acceptors (Lipinski definition) is 3. The van der Waals surface area contributed by atoms with Crippen LogP contribution in [0.3, 0.4) is 0 Å². The molecule has 1 saturated heterocycles. The highest BCUT2D eigenvalue weighted by atomic mass is 19.4. The van der Waals surface area contributed by atoms with Gasteiger partial charge in [-0.25, -0.2) is 5.43 Å². The number of hydrazine groups is 1. The van der Waals surface area contributed by atoms with Crippen molar-refractivity contribution < 1.29 is 18.0 Å². The summed E-state index contributed by atoms with van der Waals surface area (Å²) in [6, 6.07) is 4.42. The lowest BCUT2D eigenvalue weighted by Crippen LogP contribution is -2.40. The lowest BCUT2D eigenvalue weighted by Gasteiger charge is -2.12. The van der Waals surface area contributed by atoms with E-state index in [0.717, 1.165) is 12.1 Å². The van der Waals surface area contributed by atoms with Crippen molar-refractivity contribution >= 4 is 11.6 Å². The number of nitrogens with one attached hydrogen (secondary N) is 3. The van der Waals surface area contributed by atoms with Crippen LogP contribution >= 0.6 is 0 Å². The van der Waals surface area contributed by atoms with Crippen molar-refractivity contribution in [1.82, 2.24) is 10.9 Å². The third-order valence-corrected chi connectivity index (χ3v) is 3.92. The number of alkyl halides is 3. The number of carbonyl (C=O) groups excluding carboxylic acids is 1. The van der Waals surface area contributed by atoms with Crippen LogP contribution in [0.2, 0.25) is 0 Å². The number of hydrogen-bond donors (Lipinski definition) is 3. The number of rotatable bonds is 3. The van der Waals surface area contributed by atoms with Crippen LogP contribution in [0.15, 0.2) is 24.3 Å². The summed E-state index contributed by atoms with van der Waals surface area (Å²) in [7, 11) is 0. The SMILES string of the molecule is O=C(Nc1ccc(C(F)(F)F)cc1)C1CC(C2CC2)NN1. The molecule has 3 rings (SSSR count). The second kappa shape index (κ2) is 5.31. The van der Waals surface area contributed by atoms with Gasteiger partial charge in [0.05, 0.1) is 5.56 Å². The summed E-state index contributed by atoms with van der Waals surface area (Å²) >= 11 is 0. The summed E-state index contributed by atoms with van der Waals surface area (Å²) in [5.74, 6) is 0.409. The molecule has 4 nitrogen and oxygen atoms in total. The van der Waals surface area contributed by atoms with Crippen molar-refractivity contribution in [1.29, 1.82) is 0 Å². The maximum absolute atomic E-state index is 12.4. The number of carbonyl (C=O) groups is 1. The molecule has 2 unspecified atom stereocenters. The Kier molecular flexibility index (Phi) is 3.62. The Bertz CT molecular complexity index is 525. The smallest absolute Gasteiger partial charge is 0.325 e.